The van der Waals surface area contributed by atoms with Gasteiger partial charge in [0.2, 0.25) is 0 Å². The maximum absolute atomic E-state index is 8.32. The second kappa shape index (κ2) is 3.33. The maximum atomic E-state index is 8.32. The minimum atomic E-state index is -0.134. The van der Waals surface area contributed by atoms with Gasteiger partial charge in [-0.15, -0.1) is 0 Å². The van der Waals surface area contributed by atoms with E-state index < -0.39 is 0 Å². The van der Waals surface area contributed by atoms with Crippen LogP contribution in [0.5, 0.6) is 0 Å². The minimum absolute atomic E-state index is 0.0961. The lowest BCUT2D eigenvalue weighted by molar-refractivity contribution is -0.0806. The molecule has 1 aliphatic heterocycles. The molecule has 4 nitrogen and oxygen atoms in total. The SMILES string of the molecule is C[C@@H]1COC(C)(C)C[C@@H]1N=[N+]=[N-]. The normalized spacial score (nSPS) is 33.9. The van der Waals surface area contributed by atoms with Crippen molar-refractivity contribution in [3.8, 4) is 0 Å². The first-order valence-electron chi connectivity index (χ1n) is 4.23. The van der Waals surface area contributed by atoms with Crippen molar-refractivity contribution in [3.63, 3.8) is 0 Å². The maximum Gasteiger partial charge on any atom is 0.0630 e. The zero-order valence-electron chi connectivity index (χ0n) is 7.82. The van der Waals surface area contributed by atoms with Crippen LogP contribution in [-0.2, 0) is 4.74 Å². The Kier molecular flexibility index (Phi) is 2.60. The van der Waals surface area contributed by atoms with Crippen LogP contribution in [0.2, 0.25) is 0 Å². The van der Waals surface area contributed by atoms with Crippen LogP contribution in [0.3, 0.4) is 0 Å². The third-order valence-corrected chi connectivity index (χ3v) is 2.29. The monoisotopic (exact) mass is 169 g/mol. The summed E-state index contributed by atoms with van der Waals surface area (Å²) in [6.45, 7) is 6.79. The highest BCUT2D eigenvalue weighted by atomic mass is 16.5. The van der Waals surface area contributed by atoms with Crippen LogP contribution in [0.1, 0.15) is 27.2 Å². The van der Waals surface area contributed by atoms with E-state index in [4.69, 9.17) is 10.3 Å². The van der Waals surface area contributed by atoms with E-state index in [1.807, 2.05) is 13.8 Å². The van der Waals surface area contributed by atoms with Gasteiger partial charge >= 0.3 is 0 Å². The van der Waals surface area contributed by atoms with Crippen molar-refractivity contribution in [2.75, 3.05) is 6.61 Å². The van der Waals surface area contributed by atoms with Crippen LogP contribution in [0, 0.1) is 5.92 Å². The van der Waals surface area contributed by atoms with Gasteiger partial charge in [0, 0.05) is 11.0 Å². The molecule has 0 aliphatic carbocycles. The molecule has 0 spiro atoms. The van der Waals surface area contributed by atoms with Crippen LogP contribution in [0.4, 0.5) is 0 Å². The first kappa shape index (κ1) is 9.36. The lowest BCUT2D eigenvalue weighted by atomic mass is 9.88. The number of azide groups is 1. The molecule has 4 heteroatoms. The quantitative estimate of drug-likeness (QED) is 0.338. The van der Waals surface area contributed by atoms with E-state index in [1.165, 1.54) is 0 Å². The summed E-state index contributed by atoms with van der Waals surface area (Å²) < 4.78 is 5.57. The molecule has 12 heavy (non-hydrogen) atoms. The molecule has 0 amide bonds. The molecule has 0 radical (unpaired) electrons. The molecule has 1 aliphatic rings. The van der Waals surface area contributed by atoms with Gasteiger partial charge < -0.3 is 4.74 Å². The first-order chi connectivity index (χ1) is 5.55. The second-order valence-corrected chi connectivity index (χ2v) is 4.02. The van der Waals surface area contributed by atoms with Crippen LogP contribution in [-0.4, -0.2) is 18.2 Å². The average molecular weight is 169 g/mol. The Morgan fingerprint density at radius 1 is 1.58 bits per heavy atom. The molecule has 0 saturated carbocycles. The van der Waals surface area contributed by atoms with E-state index >= 15 is 0 Å². The summed E-state index contributed by atoms with van der Waals surface area (Å²) in [6, 6.07) is 0.0961. The van der Waals surface area contributed by atoms with Crippen molar-refractivity contribution in [2.24, 2.45) is 11.0 Å². The van der Waals surface area contributed by atoms with Gasteiger partial charge in [-0.05, 0) is 31.7 Å². The van der Waals surface area contributed by atoms with E-state index in [1.54, 1.807) is 0 Å². The van der Waals surface area contributed by atoms with Gasteiger partial charge in [-0.25, -0.2) is 0 Å². The lowest BCUT2D eigenvalue weighted by Gasteiger charge is -2.37. The molecular weight excluding hydrogens is 154 g/mol. The van der Waals surface area contributed by atoms with E-state index in [-0.39, 0.29) is 11.6 Å². The first-order valence-corrected chi connectivity index (χ1v) is 4.23. The van der Waals surface area contributed by atoms with Crippen LogP contribution >= 0.6 is 0 Å². The van der Waals surface area contributed by atoms with E-state index in [9.17, 15) is 0 Å². The Bertz CT molecular complexity index is 208. The number of nitrogens with zero attached hydrogens (tertiary/aromatic N) is 3. The molecular formula is C8H15N3O. The summed E-state index contributed by atoms with van der Waals surface area (Å²) in [7, 11) is 0. The summed E-state index contributed by atoms with van der Waals surface area (Å²) in [5, 5.41) is 3.76. The number of hydrogen-bond acceptors (Lipinski definition) is 2. The van der Waals surface area contributed by atoms with Gasteiger partial charge in [0.25, 0.3) is 0 Å². The van der Waals surface area contributed by atoms with Crippen molar-refractivity contribution < 1.29 is 4.74 Å². The highest BCUT2D eigenvalue weighted by Gasteiger charge is 2.32. The summed E-state index contributed by atoms with van der Waals surface area (Å²) in [5.74, 6) is 0.342. The smallest absolute Gasteiger partial charge is 0.0630 e. The molecule has 1 saturated heterocycles. The van der Waals surface area contributed by atoms with Crippen LogP contribution in [0.25, 0.3) is 10.4 Å². The predicted molar refractivity (Wildman–Crippen MR) is 46.7 cm³/mol. The zero-order chi connectivity index (χ0) is 9.19. The number of rotatable bonds is 1. The Morgan fingerprint density at radius 2 is 2.25 bits per heavy atom. The van der Waals surface area contributed by atoms with Gasteiger partial charge in [-0.3, -0.25) is 0 Å². The van der Waals surface area contributed by atoms with Crippen molar-refractivity contribution in [1.29, 1.82) is 0 Å². The lowest BCUT2D eigenvalue weighted by Crippen LogP contribution is -2.40. The fourth-order valence-electron chi connectivity index (χ4n) is 1.45. The fourth-order valence-corrected chi connectivity index (χ4v) is 1.45. The standard InChI is InChI=1S/C8H15N3O/c1-6-5-12-8(2,3)4-7(6)10-11-9/h6-7H,4-5H2,1-3H3/t6-,7+/m1/s1. The van der Waals surface area contributed by atoms with Gasteiger partial charge in [-0.1, -0.05) is 12.0 Å². The van der Waals surface area contributed by atoms with E-state index in [0.29, 0.717) is 12.5 Å². The van der Waals surface area contributed by atoms with Gasteiger partial charge in [-0.2, -0.15) is 0 Å². The summed E-state index contributed by atoms with van der Waals surface area (Å²) >= 11 is 0. The third-order valence-electron chi connectivity index (χ3n) is 2.29. The molecule has 1 rings (SSSR count). The number of ether oxygens (including phenoxy) is 1. The summed E-state index contributed by atoms with van der Waals surface area (Å²) in [6.07, 6.45) is 0.818. The molecule has 1 fully saturated rings. The van der Waals surface area contributed by atoms with E-state index in [0.717, 1.165) is 6.42 Å². The van der Waals surface area contributed by atoms with Crippen molar-refractivity contribution in [2.45, 2.75) is 38.8 Å². The average Bonchev–Trinajstić information content (AvgIpc) is 1.97. The van der Waals surface area contributed by atoms with Crippen LogP contribution in [0.15, 0.2) is 5.11 Å². The van der Waals surface area contributed by atoms with Crippen molar-refractivity contribution in [1.82, 2.24) is 0 Å². The molecule has 2 atom stereocenters. The van der Waals surface area contributed by atoms with Crippen LogP contribution < -0.4 is 0 Å². The summed E-state index contributed by atoms with van der Waals surface area (Å²) in [4.78, 5) is 2.84. The highest BCUT2D eigenvalue weighted by molar-refractivity contribution is 4.86. The molecule has 0 aromatic carbocycles. The molecule has 0 bridgehead atoms. The minimum Gasteiger partial charge on any atom is -0.375 e. The highest BCUT2D eigenvalue weighted by Crippen LogP contribution is 2.29. The fraction of sp³-hybridized carbons (Fsp3) is 1.00. The molecule has 0 N–H and O–H groups in total. The Labute approximate surface area is 72.5 Å². The van der Waals surface area contributed by atoms with Gasteiger partial charge in [0.1, 0.15) is 0 Å². The van der Waals surface area contributed by atoms with Crippen molar-refractivity contribution in [3.05, 3.63) is 10.4 Å². The predicted octanol–water partition coefficient (Wildman–Crippen LogP) is 2.50. The Balaban J connectivity index is 2.65. The van der Waals surface area contributed by atoms with E-state index in [2.05, 4.69) is 16.9 Å². The molecule has 1 heterocycles. The molecule has 68 valence electrons. The Hall–Kier alpha value is -0.730. The number of hydrogen-bond donors (Lipinski definition) is 0. The molecule has 0 aromatic rings. The molecule has 0 aromatic heterocycles. The topological polar surface area (TPSA) is 58.0 Å². The van der Waals surface area contributed by atoms with Crippen molar-refractivity contribution >= 4 is 0 Å². The molecule has 0 unspecified atom stereocenters. The largest absolute Gasteiger partial charge is 0.375 e. The van der Waals surface area contributed by atoms with Gasteiger partial charge in [0.05, 0.1) is 12.2 Å². The van der Waals surface area contributed by atoms with Gasteiger partial charge in [0.15, 0.2) is 0 Å². The Morgan fingerprint density at radius 3 is 2.83 bits per heavy atom. The zero-order valence-corrected chi connectivity index (χ0v) is 7.82. The third kappa shape index (κ3) is 2.13. The second-order valence-electron chi connectivity index (χ2n) is 4.02. The summed E-state index contributed by atoms with van der Waals surface area (Å²) in [5.41, 5.74) is 8.19.